The van der Waals surface area contributed by atoms with Crippen molar-refractivity contribution in [2.45, 2.75) is 15.2 Å². The highest BCUT2D eigenvalue weighted by molar-refractivity contribution is 7.99. The molecule has 7 aromatic carbocycles. The lowest BCUT2D eigenvalue weighted by Crippen LogP contribution is -2.37. The van der Waals surface area contributed by atoms with E-state index in [1.165, 1.54) is 59.5 Å². The first-order chi connectivity index (χ1) is 25.3. The molecule has 0 amide bonds. The van der Waals surface area contributed by atoms with Gasteiger partial charge >= 0.3 is 0 Å². The van der Waals surface area contributed by atoms with Crippen LogP contribution in [-0.4, -0.2) is 14.5 Å². The van der Waals surface area contributed by atoms with Gasteiger partial charge in [-0.15, -0.1) is 0 Å². The Kier molecular flexibility index (Phi) is 6.10. The lowest BCUT2D eigenvalue weighted by molar-refractivity contribution is 0.690. The number of fused-ring (bicyclic) bond motifs is 11. The molecule has 4 heterocycles. The second-order valence-electron chi connectivity index (χ2n) is 13.3. The molecule has 3 nitrogen and oxygen atoms in total. The Morgan fingerprint density at radius 2 is 1.06 bits per heavy atom. The van der Waals surface area contributed by atoms with Gasteiger partial charge in [0.15, 0.2) is 5.82 Å². The Morgan fingerprint density at radius 3 is 1.84 bits per heavy atom. The van der Waals surface area contributed by atoms with Crippen molar-refractivity contribution in [1.29, 1.82) is 0 Å². The van der Waals surface area contributed by atoms with Crippen molar-refractivity contribution in [3.63, 3.8) is 0 Å². The van der Waals surface area contributed by atoms with Gasteiger partial charge in [-0.25, -0.2) is 9.97 Å². The topological polar surface area (TPSA) is 30.7 Å². The third-order valence-corrected chi connectivity index (χ3v) is 11.9. The Hall–Kier alpha value is -6.23. The highest BCUT2D eigenvalue weighted by Crippen LogP contribution is 2.61. The summed E-state index contributed by atoms with van der Waals surface area (Å²) in [6, 6.07) is 63.5. The van der Waals surface area contributed by atoms with Crippen LogP contribution in [0.3, 0.4) is 0 Å². The lowest BCUT2D eigenvalue weighted by atomic mass is 9.62. The molecule has 0 saturated carbocycles. The molecule has 1 atom stereocenters. The first-order valence-corrected chi connectivity index (χ1v) is 18.2. The zero-order valence-corrected chi connectivity index (χ0v) is 28.3. The fraction of sp³-hybridized carbons (Fsp3) is 0.0213. The van der Waals surface area contributed by atoms with Gasteiger partial charge in [-0.3, -0.25) is 0 Å². The van der Waals surface area contributed by atoms with Crippen LogP contribution >= 0.6 is 11.8 Å². The Labute approximate surface area is 299 Å². The Morgan fingerprint density at radius 1 is 0.471 bits per heavy atom. The molecule has 9 aromatic rings. The molecule has 0 radical (unpaired) electrons. The van der Waals surface area contributed by atoms with Gasteiger partial charge in [0.25, 0.3) is 0 Å². The normalized spacial score (nSPS) is 15.5. The van der Waals surface area contributed by atoms with E-state index in [0.29, 0.717) is 0 Å². The average molecular weight is 668 g/mol. The molecule has 2 aromatic heterocycles. The number of rotatable bonds is 3. The van der Waals surface area contributed by atoms with Gasteiger partial charge in [-0.2, -0.15) is 0 Å². The van der Waals surface area contributed by atoms with Gasteiger partial charge in [0.1, 0.15) is 0 Å². The van der Waals surface area contributed by atoms with Crippen molar-refractivity contribution in [1.82, 2.24) is 14.5 Å². The maximum Gasteiger partial charge on any atom is 0.161 e. The number of para-hydroxylation sites is 3. The molecule has 51 heavy (non-hydrogen) atoms. The van der Waals surface area contributed by atoms with Crippen molar-refractivity contribution < 1.29 is 0 Å². The summed E-state index contributed by atoms with van der Waals surface area (Å²) in [4.78, 5) is 13.1. The fourth-order valence-electron chi connectivity index (χ4n) is 8.60. The maximum atomic E-state index is 5.32. The van der Waals surface area contributed by atoms with Crippen LogP contribution in [0.2, 0.25) is 0 Å². The lowest BCUT2D eigenvalue weighted by Gasteiger charge is -2.45. The van der Waals surface area contributed by atoms with Crippen molar-refractivity contribution >= 4 is 33.6 Å². The standard InChI is InChI=1S/C47H29N3S/c1-3-15-30(16-4-1)39-29-40(31-17-5-2-6-18-31)49-46(48-39)34-21-14-25-38-45(34)51-43-28-12-9-23-36(43)47(38)35-22-8-11-27-42(35)50-41-26-10-7-19-32(41)33-20-13-24-37(47)44(33)50/h1-29H. The molecule has 4 heteroatoms. The van der Waals surface area contributed by atoms with Gasteiger partial charge in [0.2, 0.25) is 0 Å². The van der Waals surface area contributed by atoms with Crippen molar-refractivity contribution in [2.24, 2.45) is 0 Å². The molecule has 0 aliphatic carbocycles. The second kappa shape index (κ2) is 10.9. The SMILES string of the molecule is c1ccc(-c2cc(-c3ccccc3)nc(-c3cccc4c3Sc3ccccc3C43c4ccccc4-n4c5ccccc5c5cccc3c54)n2)cc1. The van der Waals surface area contributed by atoms with Crippen LogP contribution in [0.25, 0.3) is 61.4 Å². The van der Waals surface area contributed by atoms with Crippen LogP contribution in [0.5, 0.6) is 0 Å². The highest BCUT2D eigenvalue weighted by atomic mass is 32.2. The van der Waals surface area contributed by atoms with E-state index in [2.05, 4.69) is 168 Å². The largest absolute Gasteiger partial charge is 0.309 e. The van der Waals surface area contributed by atoms with E-state index in [9.17, 15) is 0 Å². The minimum atomic E-state index is -0.563. The molecule has 11 rings (SSSR count). The van der Waals surface area contributed by atoms with Crippen LogP contribution in [-0.2, 0) is 5.41 Å². The molecule has 2 aliphatic rings. The van der Waals surface area contributed by atoms with Gasteiger partial charge in [-0.05, 0) is 46.5 Å². The van der Waals surface area contributed by atoms with Crippen molar-refractivity contribution in [3.05, 3.63) is 198 Å². The van der Waals surface area contributed by atoms with E-state index < -0.39 is 5.41 Å². The summed E-state index contributed by atoms with van der Waals surface area (Å²) < 4.78 is 2.49. The average Bonchev–Trinajstić information content (AvgIpc) is 3.55. The Balaban J connectivity index is 1.26. The summed E-state index contributed by atoms with van der Waals surface area (Å²) in [6.45, 7) is 0. The molecule has 1 spiro atoms. The predicted octanol–water partition coefficient (Wildman–Crippen LogP) is 11.7. The molecular formula is C47H29N3S. The molecular weight excluding hydrogens is 639 g/mol. The van der Waals surface area contributed by atoms with E-state index in [0.717, 1.165) is 33.9 Å². The molecule has 2 aliphatic heterocycles. The quantitative estimate of drug-likeness (QED) is 0.188. The second-order valence-corrected chi connectivity index (χ2v) is 14.3. The van der Waals surface area contributed by atoms with Gasteiger partial charge < -0.3 is 4.57 Å². The minimum absolute atomic E-state index is 0.563. The number of nitrogens with zero attached hydrogens (tertiary/aromatic N) is 3. The van der Waals surface area contributed by atoms with E-state index in [4.69, 9.17) is 9.97 Å². The smallest absolute Gasteiger partial charge is 0.161 e. The van der Waals surface area contributed by atoms with Crippen LogP contribution in [0, 0.1) is 0 Å². The van der Waals surface area contributed by atoms with Crippen LogP contribution < -0.4 is 0 Å². The first-order valence-electron chi connectivity index (χ1n) is 17.3. The molecule has 0 saturated heterocycles. The third kappa shape index (κ3) is 3.97. The molecule has 0 bridgehead atoms. The summed E-state index contributed by atoms with van der Waals surface area (Å²) in [5, 5.41) is 2.55. The van der Waals surface area contributed by atoms with Crippen LogP contribution in [0.1, 0.15) is 22.3 Å². The Bertz CT molecular complexity index is 2780. The first kappa shape index (κ1) is 28.6. The summed E-state index contributed by atoms with van der Waals surface area (Å²) >= 11 is 1.84. The number of hydrogen-bond acceptors (Lipinski definition) is 3. The molecule has 238 valence electrons. The van der Waals surface area contributed by atoms with Crippen molar-refractivity contribution in [3.8, 4) is 39.6 Å². The van der Waals surface area contributed by atoms with Gasteiger partial charge in [0.05, 0.1) is 33.5 Å². The van der Waals surface area contributed by atoms with E-state index in [-0.39, 0.29) is 0 Å². The highest BCUT2D eigenvalue weighted by Gasteiger charge is 2.49. The molecule has 1 unspecified atom stereocenters. The van der Waals surface area contributed by atoms with Crippen LogP contribution in [0.4, 0.5) is 0 Å². The third-order valence-electron chi connectivity index (χ3n) is 10.7. The number of aromatic nitrogens is 3. The van der Waals surface area contributed by atoms with Crippen LogP contribution in [0.15, 0.2) is 186 Å². The van der Waals surface area contributed by atoms with E-state index >= 15 is 0 Å². The summed E-state index contributed by atoms with van der Waals surface area (Å²) in [5.41, 5.74) is 13.3. The van der Waals surface area contributed by atoms with Gasteiger partial charge in [0, 0.05) is 37.3 Å². The van der Waals surface area contributed by atoms with Gasteiger partial charge in [-0.1, -0.05) is 163 Å². The van der Waals surface area contributed by atoms with Crippen molar-refractivity contribution in [2.75, 3.05) is 0 Å². The summed E-state index contributed by atoms with van der Waals surface area (Å²) in [5.74, 6) is 0.727. The maximum absolute atomic E-state index is 5.32. The summed E-state index contributed by atoms with van der Waals surface area (Å²) in [7, 11) is 0. The zero-order chi connectivity index (χ0) is 33.5. The molecule has 0 fully saturated rings. The fourth-order valence-corrected chi connectivity index (χ4v) is 9.90. The number of hydrogen-bond donors (Lipinski definition) is 0. The van der Waals surface area contributed by atoms with E-state index in [1.54, 1.807) is 0 Å². The zero-order valence-electron chi connectivity index (χ0n) is 27.5. The minimum Gasteiger partial charge on any atom is -0.309 e. The predicted molar refractivity (Wildman–Crippen MR) is 209 cm³/mol. The number of benzene rings is 7. The van der Waals surface area contributed by atoms with E-state index in [1.807, 2.05) is 23.9 Å². The molecule has 0 N–H and O–H groups in total. The monoisotopic (exact) mass is 667 g/mol. The summed E-state index contributed by atoms with van der Waals surface area (Å²) in [6.07, 6.45) is 0.